The van der Waals surface area contributed by atoms with E-state index in [-0.39, 0.29) is 12.6 Å². The van der Waals surface area contributed by atoms with Gasteiger partial charge >= 0.3 is 5.97 Å². The summed E-state index contributed by atoms with van der Waals surface area (Å²) >= 11 is 5.85. The van der Waals surface area contributed by atoms with E-state index in [1.165, 1.54) is 7.11 Å². The van der Waals surface area contributed by atoms with Gasteiger partial charge in [0.05, 0.1) is 12.8 Å². The van der Waals surface area contributed by atoms with Gasteiger partial charge in [0.15, 0.2) is 6.61 Å². The van der Waals surface area contributed by atoms with Crippen LogP contribution >= 0.6 is 11.6 Å². The normalized spacial score (nSPS) is 9.95. The first-order valence-corrected chi connectivity index (χ1v) is 6.73. The van der Waals surface area contributed by atoms with Crippen molar-refractivity contribution in [2.75, 3.05) is 19.0 Å². The number of rotatable bonds is 7. The molecule has 0 aliphatic rings. The highest BCUT2D eigenvalue weighted by Crippen LogP contribution is 2.27. The third-order valence-electron chi connectivity index (χ3n) is 2.53. The predicted molar refractivity (Wildman–Crippen MR) is 77.1 cm³/mol. The zero-order chi connectivity index (χ0) is 15.0. The molecule has 110 valence electrons. The van der Waals surface area contributed by atoms with Gasteiger partial charge in [0.2, 0.25) is 0 Å². The first kappa shape index (κ1) is 16.3. The minimum absolute atomic E-state index is 0.321. The van der Waals surface area contributed by atoms with Crippen molar-refractivity contribution in [3.05, 3.63) is 23.2 Å². The molecule has 20 heavy (non-hydrogen) atoms. The quantitative estimate of drug-likeness (QED) is 0.786. The van der Waals surface area contributed by atoms with E-state index in [9.17, 15) is 9.59 Å². The maximum Gasteiger partial charge on any atom is 0.306 e. The lowest BCUT2D eigenvalue weighted by molar-refractivity contribution is -0.147. The maximum absolute atomic E-state index is 11.7. The lowest BCUT2D eigenvalue weighted by Crippen LogP contribution is -2.21. The number of carbonyl (C=O) groups excluding carboxylic acids is 2. The van der Waals surface area contributed by atoms with Gasteiger partial charge in [-0.3, -0.25) is 9.59 Å². The highest BCUT2D eigenvalue weighted by Gasteiger charge is 2.10. The Morgan fingerprint density at radius 2 is 2.10 bits per heavy atom. The van der Waals surface area contributed by atoms with Crippen LogP contribution in [0.1, 0.15) is 26.2 Å². The van der Waals surface area contributed by atoms with Crippen LogP contribution in [0.4, 0.5) is 5.69 Å². The highest BCUT2D eigenvalue weighted by molar-refractivity contribution is 6.31. The van der Waals surface area contributed by atoms with Crippen LogP contribution < -0.4 is 10.1 Å². The van der Waals surface area contributed by atoms with Crippen molar-refractivity contribution in [3.8, 4) is 5.75 Å². The number of hydrogen-bond donors (Lipinski definition) is 1. The number of carbonyl (C=O) groups is 2. The second kappa shape index (κ2) is 8.43. The Bertz CT molecular complexity index is 476. The molecule has 1 amide bonds. The zero-order valence-electron chi connectivity index (χ0n) is 11.6. The Hall–Kier alpha value is -1.75. The van der Waals surface area contributed by atoms with Gasteiger partial charge in [-0.2, -0.15) is 0 Å². The van der Waals surface area contributed by atoms with Gasteiger partial charge in [0, 0.05) is 11.4 Å². The van der Waals surface area contributed by atoms with Crippen molar-refractivity contribution in [1.29, 1.82) is 0 Å². The Kier molecular flexibility index (Phi) is 6.87. The van der Waals surface area contributed by atoms with E-state index in [0.717, 1.165) is 12.8 Å². The average molecular weight is 300 g/mol. The number of esters is 1. The molecule has 1 aromatic carbocycles. The fourth-order valence-corrected chi connectivity index (χ4v) is 1.68. The van der Waals surface area contributed by atoms with Gasteiger partial charge in [0.25, 0.3) is 5.91 Å². The van der Waals surface area contributed by atoms with Crippen molar-refractivity contribution in [2.24, 2.45) is 0 Å². The van der Waals surface area contributed by atoms with Crippen molar-refractivity contribution >= 4 is 29.2 Å². The lowest BCUT2D eigenvalue weighted by Gasteiger charge is -2.10. The van der Waals surface area contributed by atoms with Crippen LogP contribution in [0.3, 0.4) is 0 Å². The second-order valence-corrected chi connectivity index (χ2v) is 4.59. The van der Waals surface area contributed by atoms with E-state index in [1.807, 2.05) is 6.92 Å². The fraction of sp³-hybridized carbons (Fsp3) is 0.429. The monoisotopic (exact) mass is 299 g/mol. The number of anilines is 1. The van der Waals surface area contributed by atoms with E-state index in [2.05, 4.69) is 5.32 Å². The standard InChI is InChI=1S/C14H18ClNO4/c1-3-4-5-14(18)20-9-13(17)16-11-8-10(15)6-7-12(11)19-2/h6-8H,3-5,9H2,1-2H3,(H,16,17). The zero-order valence-corrected chi connectivity index (χ0v) is 12.3. The molecule has 0 unspecified atom stereocenters. The minimum atomic E-state index is -0.435. The summed E-state index contributed by atoms with van der Waals surface area (Å²) in [6.07, 6.45) is 1.98. The van der Waals surface area contributed by atoms with E-state index in [1.54, 1.807) is 18.2 Å². The molecule has 6 heteroatoms. The van der Waals surface area contributed by atoms with Crippen molar-refractivity contribution < 1.29 is 19.1 Å². The minimum Gasteiger partial charge on any atom is -0.495 e. The highest BCUT2D eigenvalue weighted by atomic mass is 35.5. The number of ether oxygens (including phenoxy) is 2. The van der Waals surface area contributed by atoms with Crippen LogP contribution in [0.2, 0.25) is 5.02 Å². The average Bonchev–Trinajstić information content (AvgIpc) is 2.43. The Labute approximate surface area is 123 Å². The summed E-state index contributed by atoms with van der Waals surface area (Å²) in [6, 6.07) is 4.86. The third-order valence-corrected chi connectivity index (χ3v) is 2.77. The molecule has 0 fully saturated rings. The Balaban J connectivity index is 2.50. The molecule has 0 saturated heterocycles. The summed E-state index contributed by atoms with van der Waals surface area (Å²) < 4.78 is 9.96. The van der Waals surface area contributed by atoms with Gasteiger partial charge in [0.1, 0.15) is 5.75 Å². The van der Waals surface area contributed by atoms with Crippen LogP contribution in [0.15, 0.2) is 18.2 Å². The summed E-state index contributed by atoms with van der Waals surface area (Å²) in [4.78, 5) is 23.0. The molecule has 0 aliphatic heterocycles. The fourth-order valence-electron chi connectivity index (χ4n) is 1.50. The molecule has 5 nitrogen and oxygen atoms in total. The number of halogens is 1. The first-order chi connectivity index (χ1) is 9.56. The summed E-state index contributed by atoms with van der Waals surface area (Å²) in [5.74, 6) is -0.324. The maximum atomic E-state index is 11.7. The van der Waals surface area contributed by atoms with E-state index in [0.29, 0.717) is 22.9 Å². The third kappa shape index (κ3) is 5.48. The summed E-state index contributed by atoms with van der Waals surface area (Å²) in [5, 5.41) is 3.06. The molecule has 0 radical (unpaired) electrons. The predicted octanol–water partition coefficient (Wildman–Crippen LogP) is 3.02. The van der Waals surface area contributed by atoms with Crippen LogP contribution in [0.5, 0.6) is 5.75 Å². The van der Waals surface area contributed by atoms with E-state index >= 15 is 0 Å². The van der Waals surface area contributed by atoms with Gasteiger partial charge < -0.3 is 14.8 Å². The van der Waals surface area contributed by atoms with Gasteiger partial charge in [-0.15, -0.1) is 0 Å². The van der Waals surface area contributed by atoms with E-state index < -0.39 is 5.91 Å². The number of benzene rings is 1. The molecule has 0 heterocycles. The number of unbranched alkanes of at least 4 members (excludes halogenated alkanes) is 1. The molecule has 0 aliphatic carbocycles. The van der Waals surface area contributed by atoms with E-state index in [4.69, 9.17) is 21.1 Å². The molecule has 0 saturated carbocycles. The molecule has 1 rings (SSSR count). The topological polar surface area (TPSA) is 64.6 Å². The largest absolute Gasteiger partial charge is 0.495 e. The number of amides is 1. The molecule has 0 bridgehead atoms. The molecule has 1 aromatic rings. The van der Waals surface area contributed by atoms with Crippen molar-refractivity contribution in [2.45, 2.75) is 26.2 Å². The Morgan fingerprint density at radius 1 is 1.35 bits per heavy atom. The first-order valence-electron chi connectivity index (χ1n) is 6.35. The number of hydrogen-bond acceptors (Lipinski definition) is 4. The van der Waals surface area contributed by atoms with Crippen LogP contribution in [-0.2, 0) is 14.3 Å². The number of nitrogens with one attached hydrogen (secondary N) is 1. The van der Waals surface area contributed by atoms with Crippen LogP contribution in [0, 0.1) is 0 Å². The smallest absolute Gasteiger partial charge is 0.306 e. The van der Waals surface area contributed by atoms with Gasteiger partial charge in [-0.1, -0.05) is 24.9 Å². The number of methoxy groups -OCH3 is 1. The summed E-state index contributed by atoms with van der Waals surface area (Å²) in [5.41, 5.74) is 0.439. The molecular formula is C14H18ClNO4. The molecule has 0 atom stereocenters. The van der Waals surface area contributed by atoms with Crippen LogP contribution in [-0.4, -0.2) is 25.6 Å². The summed E-state index contributed by atoms with van der Waals surface area (Å²) in [6.45, 7) is 1.66. The molecular weight excluding hydrogens is 282 g/mol. The SMILES string of the molecule is CCCCC(=O)OCC(=O)Nc1cc(Cl)ccc1OC. The summed E-state index contributed by atoms with van der Waals surface area (Å²) in [7, 11) is 1.49. The van der Waals surface area contributed by atoms with Crippen molar-refractivity contribution in [3.63, 3.8) is 0 Å². The Morgan fingerprint density at radius 3 is 2.75 bits per heavy atom. The van der Waals surface area contributed by atoms with Gasteiger partial charge in [-0.25, -0.2) is 0 Å². The lowest BCUT2D eigenvalue weighted by atomic mass is 10.2. The molecule has 0 spiro atoms. The second-order valence-electron chi connectivity index (χ2n) is 4.16. The van der Waals surface area contributed by atoms with Crippen molar-refractivity contribution in [1.82, 2.24) is 0 Å². The molecule has 1 N–H and O–H groups in total. The van der Waals surface area contributed by atoms with Crippen LogP contribution in [0.25, 0.3) is 0 Å². The van der Waals surface area contributed by atoms with Gasteiger partial charge in [-0.05, 0) is 24.6 Å². The molecule has 0 aromatic heterocycles.